The van der Waals surface area contributed by atoms with Crippen LogP contribution in [0.2, 0.25) is 0 Å². The third kappa shape index (κ3) is 6.27. The van der Waals surface area contributed by atoms with Gasteiger partial charge in [-0.2, -0.15) is 0 Å². The zero-order valence-electron chi connectivity index (χ0n) is 7.84. The standard InChI is InChI=1S/C8H19N3O/c1-6(7(2)12)4-3-5-11-8(9)10/h6,8,11H,3-5,9-10H2,1-2H3. The average molecular weight is 173 g/mol. The molecule has 1 unspecified atom stereocenters. The summed E-state index contributed by atoms with van der Waals surface area (Å²) in [6.07, 6.45) is 1.39. The maximum atomic E-state index is 10.8. The number of hydrogen-bond acceptors (Lipinski definition) is 4. The molecule has 0 aliphatic carbocycles. The maximum Gasteiger partial charge on any atom is 0.132 e. The molecule has 72 valence electrons. The van der Waals surface area contributed by atoms with E-state index >= 15 is 0 Å². The Bertz CT molecular complexity index is 136. The van der Waals surface area contributed by atoms with Gasteiger partial charge in [-0.25, -0.2) is 0 Å². The van der Waals surface area contributed by atoms with E-state index in [0.29, 0.717) is 0 Å². The number of Topliss-reactive ketones (excluding diaryl/α,β-unsaturated/α-hetero) is 1. The Morgan fingerprint density at radius 3 is 2.50 bits per heavy atom. The first-order chi connectivity index (χ1) is 5.54. The second-order valence-electron chi connectivity index (χ2n) is 3.13. The molecule has 0 saturated carbocycles. The second kappa shape index (κ2) is 6.11. The lowest BCUT2D eigenvalue weighted by molar-refractivity contribution is -0.120. The summed E-state index contributed by atoms with van der Waals surface area (Å²) >= 11 is 0. The van der Waals surface area contributed by atoms with Crippen molar-refractivity contribution >= 4 is 5.78 Å². The summed E-state index contributed by atoms with van der Waals surface area (Å²) < 4.78 is 0. The monoisotopic (exact) mass is 173 g/mol. The molecule has 1 atom stereocenters. The smallest absolute Gasteiger partial charge is 0.132 e. The highest BCUT2D eigenvalue weighted by Gasteiger charge is 2.06. The first-order valence-corrected chi connectivity index (χ1v) is 4.29. The van der Waals surface area contributed by atoms with Gasteiger partial charge in [0.1, 0.15) is 12.1 Å². The number of ketones is 1. The number of carbonyl (C=O) groups is 1. The number of rotatable bonds is 6. The molecule has 0 heterocycles. The van der Waals surface area contributed by atoms with E-state index in [0.717, 1.165) is 19.4 Å². The van der Waals surface area contributed by atoms with Crippen molar-refractivity contribution in [1.82, 2.24) is 5.32 Å². The van der Waals surface area contributed by atoms with Crippen LogP contribution < -0.4 is 16.8 Å². The van der Waals surface area contributed by atoms with Gasteiger partial charge in [0.25, 0.3) is 0 Å². The van der Waals surface area contributed by atoms with E-state index in [1.54, 1.807) is 6.92 Å². The topological polar surface area (TPSA) is 81.1 Å². The van der Waals surface area contributed by atoms with Crippen LogP contribution in [-0.4, -0.2) is 18.6 Å². The molecule has 0 fully saturated rings. The minimum atomic E-state index is -0.447. The highest BCUT2D eigenvalue weighted by Crippen LogP contribution is 2.04. The number of nitrogens with one attached hydrogen (secondary N) is 1. The van der Waals surface area contributed by atoms with Crippen LogP contribution in [0.5, 0.6) is 0 Å². The second-order valence-corrected chi connectivity index (χ2v) is 3.13. The van der Waals surface area contributed by atoms with E-state index in [1.807, 2.05) is 6.92 Å². The highest BCUT2D eigenvalue weighted by molar-refractivity contribution is 5.77. The third-order valence-electron chi connectivity index (χ3n) is 1.89. The fourth-order valence-corrected chi connectivity index (χ4v) is 0.880. The molecule has 12 heavy (non-hydrogen) atoms. The summed E-state index contributed by atoms with van der Waals surface area (Å²) in [5, 5.41) is 2.88. The van der Waals surface area contributed by atoms with E-state index in [2.05, 4.69) is 5.32 Å². The van der Waals surface area contributed by atoms with E-state index in [-0.39, 0.29) is 11.7 Å². The molecule has 0 radical (unpaired) electrons. The molecule has 0 bridgehead atoms. The Morgan fingerprint density at radius 2 is 2.08 bits per heavy atom. The lowest BCUT2D eigenvalue weighted by Crippen LogP contribution is -2.45. The van der Waals surface area contributed by atoms with E-state index < -0.39 is 6.29 Å². The number of carbonyl (C=O) groups excluding carboxylic acids is 1. The van der Waals surface area contributed by atoms with Crippen LogP contribution in [-0.2, 0) is 4.79 Å². The van der Waals surface area contributed by atoms with E-state index in [4.69, 9.17) is 11.5 Å². The van der Waals surface area contributed by atoms with Gasteiger partial charge >= 0.3 is 0 Å². The van der Waals surface area contributed by atoms with Crippen molar-refractivity contribution in [2.24, 2.45) is 17.4 Å². The maximum absolute atomic E-state index is 10.8. The Labute approximate surface area is 73.7 Å². The van der Waals surface area contributed by atoms with Crippen LogP contribution in [0.15, 0.2) is 0 Å². The van der Waals surface area contributed by atoms with Crippen molar-refractivity contribution in [1.29, 1.82) is 0 Å². The summed E-state index contributed by atoms with van der Waals surface area (Å²) in [6, 6.07) is 0. The molecule has 0 saturated heterocycles. The fraction of sp³-hybridized carbons (Fsp3) is 0.875. The molecule has 0 aromatic carbocycles. The van der Waals surface area contributed by atoms with Gasteiger partial charge in [0.15, 0.2) is 0 Å². The molecule has 0 aromatic rings. The lowest BCUT2D eigenvalue weighted by atomic mass is 10.0. The van der Waals surface area contributed by atoms with Crippen molar-refractivity contribution in [2.45, 2.75) is 33.0 Å². The summed E-state index contributed by atoms with van der Waals surface area (Å²) in [5.41, 5.74) is 10.5. The molecule has 4 heteroatoms. The molecule has 4 nitrogen and oxygen atoms in total. The molecule has 5 N–H and O–H groups in total. The van der Waals surface area contributed by atoms with Gasteiger partial charge in [0, 0.05) is 5.92 Å². The minimum Gasteiger partial charge on any atom is -0.304 e. The quantitative estimate of drug-likeness (QED) is 0.383. The van der Waals surface area contributed by atoms with Crippen molar-refractivity contribution in [2.75, 3.05) is 6.54 Å². The summed E-state index contributed by atoms with van der Waals surface area (Å²) in [6.45, 7) is 4.33. The van der Waals surface area contributed by atoms with Gasteiger partial charge < -0.3 is 11.5 Å². The van der Waals surface area contributed by atoms with Crippen LogP contribution in [0, 0.1) is 5.92 Å². The minimum absolute atomic E-state index is 0.154. The van der Waals surface area contributed by atoms with Crippen LogP contribution >= 0.6 is 0 Å². The zero-order valence-corrected chi connectivity index (χ0v) is 7.84. The molecule has 0 aliphatic heterocycles. The summed E-state index contributed by atoms with van der Waals surface area (Å²) in [5.74, 6) is 0.396. The zero-order chi connectivity index (χ0) is 9.56. The Hall–Kier alpha value is -0.450. The van der Waals surface area contributed by atoms with Crippen molar-refractivity contribution in [3.8, 4) is 0 Å². The largest absolute Gasteiger partial charge is 0.304 e. The molecule has 0 aromatic heterocycles. The Morgan fingerprint density at radius 1 is 1.50 bits per heavy atom. The molecular formula is C8H19N3O. The number of nitrogens with two attached hydrogens (primary N) is 2. The first kappa shape index (κ1) is 11.6. The van der Waals surface area contributed by atoms with Gasteiger partial charge in [-0.1, -0.05) is 6.92 Å². The van der Waals surface area contributed by atoms with Gasteiger partial charge in [-0.3, -0.25) is 10.1 Å². The molecule has 0 amide bonds. The van der Waals surface area contributed by atoms with Crippen LogP contribution in [0.3, 0.4) is 0 Å². The van der Waals surface area contributed by atoms with Crippen molar-refractivity contribution in [3.63, 3.8) is 0 Å². The molecule has 0 spiro atoms. The first-order valence-electron chi connectivity index (χ1n) is 4.29. The Balaban J connectivity index is 3.25. The summed E-state index contributed by atoms with van der Waals surface area (Å²) in [4.78, 5) is 10.8. The molecule has 0 aliphatic rings. The predicted octanol–water partition coefficient (Wildman–Crippen LogP) is -0.218. The average Bonchev–Trinajstić information content (AvgIpc) is 1.97. The van der Waals surface area contributed by atoms with E-state index in [1.165, 1.54) is 0 Å². The SMILES string of the molecule is CC(=O)C(C)CCCNC(N)N. The van der Waals surface area contributed by atoms with Crippen molar-refractivity contribution < 1.29 is 4.79 Å². The van der Waals surface area contributed by atoms with E-state index in [9.17, 15) is 4.79 Å². The predicted molar refractivity (Wildman–Crippen MR) is 49.2 cm³/mol. The molecular weight excluding hydrogens is 154 g/mol. The number of hydrogen-bond donors (Lipinski definition) is 3. The highest BCUT2D eigenvalue weighted by atomic mass is 16.1. The fourth-order valence-electron chi connectivity index (χ4n) is 0.880. The van der Waals surface area contributed by atoms with Crippen LogP contribution in [0.4, 0.5) is 0 Å². The Kier molecular flexibility index (Phi) is 5.88. The summed E-state index contributed by atoms with van der Waals surface area (Å²) in [7, 11) is 0. The van der Waals surface area contributed by atoms with Crippen molar-refractivity contribution in [3.05, 3.63) is 0 Å². The molecule has 0 rings (SSSR count). The van der Waals surface area contributed by atoms with Gasteiger partial charge in [-0.15, -0.1) is 0 Å². The van der Waals surface area contributed by atoms with Gasteiger partial charge in [0.05, 0.1) is 0 Å². The van der Waals surface area contributed by atoms with Crippen LogP contribution in [0.1, 0.15) is 26.7 Å². The normalized spacial score (nSPS) is 13.4. The third-order valence-corrected chi connectivity index (χ3v) is 1.89. The lowest BCUT2D eigenvalue weighted by Gasteiger charge is -2.09. The van der Waals surface area contributed by atoms with Crippen LogP contribution in [0.25, 0.3) is 0 Å². The van der Waals surface area contributed by atoms with Gasteiger partial charge in [0.2, 0.25) is 0 Å². The van der Waals surface area contributed by atoms with Gasteiger partial charge in [-0.05, 0) is 26.3 Å².